The second kappa shape index (κ2) is 7.43. The number of aromatic nitrogens is 3. The fourth-order valence-corrected chi connectivity index (χ4v) is 5.89. The Bertz CT molecular complexity index is 1390. The predicted molar refractivity (Wildman–Crippen MR) is 130 cm³/mol. The average Bonchev–Trinajstić information content (AvgIpc) is 3.34. The van der Waals surface area contributed by atoms with Crippen LogP contribution in [0.1, 0.15) is 80.4 Å². The van der Waals surface area contributed by atoms with Crippen molar-refractivity contribution in [3.63, 3.8) is 0 Å². The van der Waals surface area contributed by atoms with Crippen LogP contribution in [0.5, 0.6) is 5.75 Å². The number of fused-ring (bicyclic) bond motifs is 3. The molecule has 3 aromatic rings. The van der Waals surface area contributed by atoms with E-state index in [1.807, 2.05) is 22.7 Å². The van der Waals surface area contributed by atoms with Gasteiger partial charge in [0.15, 0.2) is 0 Å². The fourth-order valence-electron chi connectivity index (χ4n) is 5.89. The number of pyridine rings is 2. The zero-order chi connectivity index (χ0) is 23.8. The summed E-state index contributed by atoms with van der Waals surface area (Å²) in [5.74, 6) is 0.171. The lowest BCUT2D eigenvalue weighted by molar-refractivity contribution is -0.00627. The molecule has 182 valence electrons. The van der Waals surface area contributed by atoms with Crippen LogP contribution >= 0.6 is 0 Å². The lowest BCUT2D eigenvalue weighted by Gasteiger charge is -2.27. The Balaban J connectivity index is 1.25. The molecule has 7 rings (SSSR count). The molecule has 3 aliphatic carbocycles. The van der Waals surface area contributed by atoms with Crippen LogP contribution in [0.2, 0.25) is 0 Å². The summed E-state index contributed by atoms with van der Waals surface area (Å²) in [4.78, 5) is 31.3. The van der Waals surface area contributed by atoms with E-state index in [1.165, 1.54) is 0 Å². The van der Waals surface area contributed by atoms with Crippen LogP contribution in [-0.4, -0.2) is 38.2 Å². The zero-order valence-electron chi connectivity index (χ0n) is 20.0. The van der Waals surface area contributed by atoms with Crippen molar-refractivity contribution in [2.45, 2.75) is 81.5 Å². The molecule has 1 aliphatic heterocycles. The quantitative estimate of drug-likeness (QED) is 0.578. The van der Waals surface area contributed by atoms with Gasteiger partial charge in [-0.15, -0.1) is 0 Å². The van der Waals surface area contributed by atoms with Crippen molar-refractivity contribution in [2.24, 2.45) is 0 Å². The third-order valence-corrected chi connectivity index (χ3v) is 8.39. The Morgan fingerprint density at radius 2 is 2.09 bits per heavy atom. The SMILES string of the molecule is CC12CCC(c3cn4cc(C(=O)Nc5cccn(C6CC6)c5=O)c(OC5CCC5)cc4n3)(CO1)C2. The number of carbonyl (C=O) groups is 1. The van der Waals surface area contributed by atoms with Gasteiger partial charge < -0.3 is 23.8 Å². The minimum Gasteiger partial charge on any atom is -0.489 e. The molecular weight excluding hydrogens is 444 g/mol. The second-order valence-corrected chi connectivity index (χ2v) is 11.1. The van der Waals surface area contributed by atoms with E-state index in [-0.39, 0.29) is 40.3 Å². The van der Waals surface area contributed by atoms with Crippen molar-refractivity contribution in [2.75, 3.05) is 11.9 Å². The van der Waals surface area contributed by atoms with Crippen LogP contribution in [0.25, 0.3) is 5.65 Å². The number of carbonyl (C=O) groups excluding carboxylic acids is 1. The van der Waals surface area contributed by atoms with E-state index in [9.17, 15) is 9.59 Å². The number of nitrogens with one attached hydrogen (secondary N) is 1. The first-order chi connectivity index (χ1) is 16.9. The zero-order valence-corrected chi connectivity index (χ0v) is 20.0. The molecule has 1 saturated heterocycles. The van der Waals surface area contributed by atoms with Gasteiger partial charge in [-0.1, -0.05) is 0 Å². The number of hydrogen-bond donors (Lipinski definition) is 1. The third kappa shape index (κ3) is 3.49. The summed E-state index contributed by atoms with van der Waals surface area (Å²) < 4.78 is 16.0. The first-order valence-electron chi connectivity index (χ1n) is 12.8. The van der Waals surface area contributed by atoms with Crippen LogP contribution in [0.3, 0.4) is 0 Å². The van der Waals surface area contributed by atoms with Crippen molar-refractivity contribution in [1.82, 2.24) is 14.0 Å². The topological polar surface area (TPSA) is 86.9 Å². The third-order valence-electron chi connectivity index (χ3n) is 8.39. The highest BCUT2D eigenvalue weighted by Gasteiger charge is 2.55. The fraction of sp³-hybridized carbons (Fsp3) is 0.519. The van der Waals surface area contributed by atoms with E-state index in [4.69, 9.17) is 14.5 Å². The molecule has 2 bridgehead atoms. The normalized spacial score (nSPS) is 27.8. The largest absolute Gasteiger partial charge is 0.489 e. The Kier molecular flexibility index (Phi) is 4.50. The molecule has 1 N–H and O–H groups in total. The first kappa shape index (κ1) is 21.2. The Hall–Kier alpha value is -3.13. The molecular formula is C27H30N4O4. The van der Waals surface area contributed by atoms with Crippen molar-refractivity contribution < 1.29 is 14.3 Å². The molecule has 4 aliphatic rings. The van der Waals surface area contributed by atoms with E-state index < -0.39 is 0 Å². The molecule has 3 saturated carbocycles. The summed E-state index contributed by atoms with van der Waals surface area (Å²) in [6, 6.07) is 5.58. The predicted octanol–water partition coefficient (Wildman–Crippen LogP) is 4.23. The van der Waals surface area contributed by atoms with E-state index >= 15 is 0 Å². The van der Waals surface area contributed by atoms with E-state index in [2.05, 4.69) is 12.2 Å². The lowest BCUT2D eigenvalue weighted by atomic mass is 9.84. The van der Waals surface area contributed by atoms with Gasteiger partial charge in [-0.25, -0.2) is 4.98 Å². The summed E-state index contributed by atoms with van der Waals surface area (Å²) in [7, 11) is 0. The molecule has 3 aromatic heterocycles. The van der Waals surface area contributed by atoms with E-state index in [0.717, 1.165) is 62.7 Å². The summed E-state index contributed by atoms with van der Waals surface area (Å²) in [6.07, 6.45) is 13.9. The second-order valence-electron chi connectivity index (χ2n) is 11.1. The van der Waals surface area contributed by atoms with Crippen molar-refractivity contribution in [1.29, 1.82) is 0 Å². The van der Waals surface area contributed by atoms with Gasteiger partial charge in [0.05, 0.1) is 29.6 Å². The van der Waals surface area contributed by atoms with Crippen molar-refractivity contribution in [3.05, 3.63) is 58.4 Å². The van der Waals surface area contributed by atoms with Crippen molar-refractivity contribution in [3.8, 4) is 5.75 Å². The molecule has 4 fully saturated rings. The number of hydrogen-bond acceptors (Lipinski definition) is 5. The molecule has 8 nitrogen and oxygen atoms in total. The number of anilines is 1. The first-order valence-corrected chi connectivity index (χ1v) is 12.8. The summed E-state index contributed by atoms with van der Waals surface area (Å²) in [5.41, 5.74) is 2.19. The molecule has 0 spiro atoms. The number of amides is 1. The Morgan fingerprint density at radius 3 is 2.74 bits per heavy atom. The van der Waals surface area contributed by atoms with Gasteiger partial charge in [-0.3, -0.25) is 9.59 Å². The molecule has 2 unspecified atom stereocenters. The van der Waals surface area contributed by atoms with Crippen LogP contribution in [0.15, 0.2) is 41.6 Å². The van der Waals surface area contributed by atoms with Crippen molar-refractivity contribution >= 4 is 17.2 Å². The molecule has 35 heavy (non-hydrogen) atoms. The molecule has 4 heterocycles. The monoisotopic (exact) mass is 474 g/mol. The maximum atomic E-state index is 13.5. The molecule has 0 aromatic carbocycles. The standard InChI is InChI=1S/C27H30N4O4/c1-26-9-10-27(15-26,16-34-26)22-14-30-13-19(21(12-23(30)29-22)35-18-4-2-5-18)24(32)28-20-6-3-11-31(25(20)33)17-7-8-17/h3,6,11-14,17-18H,2,4-5,7-10,15-16H2,1H3,(H,28,32). The minimum absolute atomic E-state index is 0.0532. The highest BCUT2D eigenvalue weighted by Crippen LogP contribution is 2.53. The van der Waals surface area contributed by atoms with Crippen LogP contribution in [0.4, 0.5) is 5.69 Å². The summed E-state index contributed by atoms with van der Waals surface area (Å²) in [5, 5.41) is 2.85. The number of imidazole rings is 1. The van der Waals surface area contributed by atoms with Crippen LogP contribution in [-0.2, 0) is 10.2 Å². The Morgan fingerprint density at radius 1 is 1.23 bits per heavy atom. The highest BCUT2D eigenvalue weighted by molar-refractivity contribution is 6.06. The maximum Gasteiger partial charge on any atom is 0.274 e. The van der Waals surface area contributed by atoms with E-state index in [1.54, 1.807) is 23.0 Å². The molecule has 0 radical (unpaired) electrons. The molecule has 2 atom stereocenters. The van der Waals surface area contributed by atoms with Gasteiger partial charge in [0.1, 0.15) is 17.1 Å². The number of rotatable bonds is 6. The van der Waals surface area contributed by atoms with Gasteiger partial charge in [0.2, 0.25) is 0 Å². The minimum atomic E-state index is -0.349. The lowest BCUT2D eigenvalue weighted by Crippen LogP contribution is -2.27. The molecule has 1 amide bonds. The summed E-state index contributed by atoms with van der Waals surface area (Å²) in [6.45, 7) is 2.87. The van der Waals surface area contributed by atoms with Crippen LogP contribution < -0.4 is 15.6 Å². The maximum absolute atomic E-state index is 13.5. The van der Waals surface area contributed by atoms with E-state index in [0.29, 0.717) is 17.9 Å². The van der Waals surface area contributed by atoms with Gasteiger partial charge in [-0.2, -0.15) is 0 Å². The number of ether oxygens (including phenoxy) is 2. The molecule has 8 heteroatoms. The Labute approximate surface area is 203 Å². The number of nitrogens with zero attached hydrogens (tertiary/aromatic N) is 3. The summed E-state index contributed by atoms with van der Waals surface area (Å²) >= 11 is 0. The van der Waals surface area contributed by atoms with Crippen LogP contribution in [0, 0.1) is 0 Å². The average molecular weight is 475 g/mol. The van der Waals surface area contributed by atoms with Gasteiger partial charge in [-0.05, 0) is 70.4 Å². The van der Waals surface area contributed by atoms with Gasteiger partial charge in [0.25, 0.3) is 11.5 Å². The highest BCUT2D eigenvalue weighted by atomic mass is 16.5. The van der Waals surface area contributed by atoms with Gasteiger partial charge >= 0.3 is 0 Å². The van der Waals surface area contributed by atoms with Gasteiger partial charge in [0, 0.05) is 36.1 Å². The smallest absolute Gasteiger partial charge is 0.274 e.